The molecule has 0 aromatic rings. The van der Waals surface area contributed by atoms with Gasteiger partial charge in [-0.15, -0.1) is 0 Å². The van der Waals surface area contributed by atoms with Crippen LogP contribution in [-0.4, -0.2) is 0 Å². The van der Waals surface area contributed by atoms with Crippen LogP contribution in [0.4, 0.5) is 0 Å². The van der Waals surface area contributed by atoms with Gasteiger partial charge in [-0.2, -0.15) is 0 Å². The summed E-state index contributed by atoms with van der Waals surface area (Å²) >= 11 is 0. The molecule has 0 heterocycles. The number of hydrogen-bond donors (Lipinski definition) is 0. The lowest BCUT2D eigenvalue weighted by molar-refractivity contribution is 0.373. The molecule has 0 N–H and O–H groups in total. The molecule has 0 heteroatoms. The van der Waals surface area contributed by atoms with E-state index in [2.05, 4.69) is 27.7 Å². The van der Waals surface area contributed by atoms with Crippen LogP contribution >= 0.6 is 0 Å². The highest BCUT2D eigenvalue weighted by Gasteiger charge is 2.06. The fraction of sp³-hybridized carbons (Fsp3) is 1.00. The number of rotatable bonds is 5. The van der Waals surface area contributed by atoms with E-state index in [4.69, 9.17) is 0 Å². The minimum absolute atomic E-state index is 0.886. The average Bonchev–Trinajstić information content (AvgIpc) is 2.88. The van der Waals surface area contributed by atoms with Crippen LogP contribution in [0.1, 0.15) is 72.6 Å². The van der Waals surface area contributed by atoms with Gasteiger partial charge in [-0.25, -0.2) is 0 Å². The van der Waals surface area contributed by atoms with Crippen LogP contribution in [0, 0.1) is 11.8 Å². The van der Waals surface area contributed by atoms with Crippen LogP contribution < -0.4 is 0 Å². The molecular weight excluding hydrogens is 156 g/mol. The Bertz CT molecular complexity index is 89.5. The molecule has 1 unspecified atom stereocenters. The molecule has 0 aromatic carbocycles. The Labute approximate surface area is 85.1 Å². The normalized spacial score (nSPS) is 16.4. The fourth-order valence-electron chi connectivity index (χ4n) is 1.56. The highest BCUT2D eigenvalue weighted by atomic mass is 14.1. The molecule has 0 aromatic heterocycles. The van der Waals surface area contributed by atoms with Crippen LogP contribution in [0.25, 0.3) is 0 Å². The van der Waals surface area contributed by atoms with Crippen molar-refractivity contribution in [2.75, 3.05) is 0 Å². The van der Waals surface area contributed by atoms with Gasteiger partial charge in [0.1, 0.15) is 0 Å². The number of hydrogen-bond acceptors (Lipinski definition) is 0. The van der Waals surface area contributed by atoms with Gasteiger partial charge in [-0.1, -0.05) is 66.2 Å². The van der Waals surface area contributed by atoms with Crippen molar-refractivity contribution in [3.05, 3.63) is 0 Å². The van der Waals surface area contributed by atoms with Crippen molar-refractivity contribution in [3.8, 4) is 0 Å². The first-order chi connectivity index (χ1) is 6.20. The largest absolute Gasteiger partial charge is 0.0654 e. The predicted octanol–water partition coefficient (Wildman–Crippen LogP) is 5.03. The van der Waals surface area contributed by atoms with Crippen molar-refractivity contribution in [1.29, 1.82) is 0 Å². The molecule has 1 aliphatic carbocycles. The van der Waals surface area contributed by atoms with Crippen LogP contribution in [0.5, 0.6) is 0 Å². The van der Waals surface area contributed by atoms with Gasteiger partial charge < -0.3 is 0 Å². The van der Waals surface area contributed by atoms with Gasteiger partial charge in [-0.3, -0.25) is 0 Å². The maximum Gasteiger partial charge on any atom is -0.0415 e. The van der Waals surface area contributed by atoms with Crippen molar-refractivity contribution in [2.45, 2.75) is 72.6 Å². The molecule has 1 fully saturated rings. The van der Waals surface area contributed by atoms with E-state index in [-0.39, 0.29) is 0 Å². The summed E-state index contributed by atoms with van der Waals surface area (Å²) in [5.41, 5.74) is 0. The standard InChI is InChI=1S/C10H22.C3H6/c1-5-7-10(6-2)8-9(3)4;1-2-3-1/h9-10H,5-8H2,1-4H3;1-3H2. The molecule has 13 heavy (non-hydrogen) atoms. The quantitative estimate of drug-likeness (QED) is 0.562. The topological polar surface area (TPSA) is 0 Å². The minimum atomic E-state index is 0.886. The molecule has 1 atom stereocenters. The summed E-state index contributed by atoms with van der Waals surface area (Å²) in [7, 11) is 0. The lowest BCUT2D eigenvalue weighted by atomic mass is 9.91. The second kappa shape index (κ2) is 8.59. The Hall–Kier alpha value is 0. The molecule has 0 aliphatic heterocycles. The van der Waals surface area contributed by atoms with Gasteiger partial charge in [0.05, 0.1) is 0 Å². The molecule has 0 radical (unpaired) electrons. The van der Waals surface area contributed by atoms with Crippen molar-refractivity contribution in [1.82, 2.24) is 0 Å². The predicted molar refractivity (Wildman–Crippen MR) is 62.0 cm³/mol. The molecule has 1 aliphatic rings. The highest BCUT2D eigenvalue weighted by molar-refractivity contribution is 4.58. The highest BCUT2D eigenvalue weighted by Crippen LogP contribution is 2.19. The second-order valence-electron chi connectivity index (χ2n) is 4.75. The zero-order chi connectivity index (χ0) is 10.1. The summed E-state index contributed by atoms with van der Waals surface area (Å²) in [5, 5.41) is 0. The fourth-order valence-corrected chi connectivity index (χ4v) is 1.56. The first kappa shape index (κ1) is 13.0. The Kier molecular flexibility index (Phi) is 8.59. The average molecular weight is 184 g/mol. The maximum absolute atomic E-state index is 2.32. The van der Waals surface area contributed by atoms with E-state index in [0.29, 0.717) is 0 Å². The summed E-state index contributed by atoms with van der Waals surface area (Å²) in [4.78, 5) is 0. The van der Waals surface area contributed by atoms with E-state index in [0.717, 1.165) is 11.8 Å². The van der Waals surface area contributed by atoms with Gasteiger partial charge in [0.25, 0.3) is 0 Å². The van der Waals surface area contributed by atoms with Crippen LogP contribution in [-0.2, 0) is 0 Å². The second-order valence-corrected chi connectivity index (χ2v) is 4.75. The molecule has 0 saturated heterocycles. The van der Waals surface area contributed by atoms with Crippen LogP contribution in [0.2, 0.25) is 0 Å². The molecule has 80 valence electrons. The minimum Gasteiger partial charge on any atom is -0.0654 e. The maximum atomic E-state index is 2.32. The molecule has 0 nitrogen and oxygen atoms in total. The Morgan fingerprint density at radius 1 is 1.00 bits per heavy atom. The summed E-state index contributed by atoms with van der Waals surface area (Å²) in [5.74, 6) is 1.88. The van der Waals surface area contributed by atoms with Crippen molar-refractivity contribution in [2.24, 2.45) is 11.8 Å². The van der Waals surface area contributed by atoms with E-state index in [9.17, 15) is 0 Å². The third-order valence-corrected chi connectivity index (χ3v) is 2.43. The van der Waals surface area contributed by atoms with E-state index < -0.39 is 0 Å². The van der Waals surface area contributed by atoms with Crippen molar-refractivity contribution in [3.63, 3.8) is 0 Å². The first-order valence-electron chi connectivity index (χ1n) is 6.20. The van der Waals surface area contributed by atoms with E-state index in [1.54, 1.807) is 0 Å². The summed E-state index contributed by atoms with van der Waals surface area (Å²) in [6, 6.07) is 0. The SMILES string of the molecule is C1CC1.CCCC(CC)CC(C)C. The first-order valence-corrected chi connectivity index (χ1v) is 6.20. The van der Waals surface area contributed by atoms with Crippen LogP contribution in [0.3, 0.4) is 0 Å². The van der Waals surface area contributed by atoms with E-state index in [1.165, 1.54) is 44.9 Å². The van der Waals surface area contributed by atoms with Gasteiger partial charge in [0, 0.05) is 0 Å². The zero-order valence-corrected chi connectivity index (χ0v) is 10.1. The van der Waals surface area contributed by atoms with E-state index >= 15 is 0 Å². The van der Waals surface area contributed by atoms with Gasteiger partial charge in [0.2, 0.25) is 0 Å². The lowest BCUT2D eigenvalue weighted by Gasteiger charge is -2.15. The Balaban J connectivity index is 0.000000396. The molecule has 0 bridgehead atoms. The van der Waals surface area contributed by atoms with Gasteiger partial charge in [0.15, 0.2) is 0 Å². The monoisotopic (exact) mass is 184 g/mol. The molecule has 1 rings (SSSR count). The van der Waals surface area contributed by atoms with E-state index in [1.807, 2.05) is 0 Å². The summed E-state index contributed by atoms with van der Waals surface area (Å²) < 4.78 is 0. The molecule has 1 saturated carbocycles. The van der Waals surface area contributed by atoms with Gasteiger partial charge >= 0.3 is 0 Å². The molecular formula is C13H28. The smallest absolute Gasteiger partial charge is 0.0415 e. The Morgan fingerprint density at radius 2 is 1.54 bits per heavy atom. The third kappa shape index (κ3) is 12.0. The summed E-state index contributed by atoms with van der Waals surface area (Å²) in [6.45, 7) is 9.22. The third-order valence-electron chi connectivity index (χ3n) is 2.43. The summed E-state index contributed by atoms with van der Waals surface area (Å²) in [6.07, 6.45) is 10.1. The molecule has 0 spiro atoms. The van der Waals surface area contributed by atoms with Gasteiger partial charge in [-0.05, 0) is 18.3 Å². The van der Waals surface area contributed by atoms with Crippen molar-refractivity contribution >= 4 is 0 Å². The lowest BCUT2D eigenvalue weighted by Crippen LogP contribution is -2.02. The van der Waals surface area contributed by atoms with Crippen LogP contribution in [0.15, 0.2) is 0 Å². The zero-order valence-electron chi connectivity index (χ0n) is 10.1. The molecule has 0 amide bonds. The van der Waals surface area contributed by atoms with Crippen molar-refractivity contribution < 1.29 is 0 Å². The Morgan fingerprint density at radius 3 is 1.77 bits per heavy atom.